The largest absolute Gasteiger partial charge is 0.404 e. The molecule has 0 aromatic carbocycles. The molecule has 0 saturated heterocycles. The van der Waals surface area contributed by atoms with Crippen molar-refractivity contribution in [2.75, 3.05) is 0 Å². The van der Waals surface area contributed by atoms with Crippen LogP contribution >= 0.6 is 25.3 Å². The van der Waals surface area contributed by atoms with Crippen LogP contribution in [0.5, 0.6) is 0 Å². The first kappa shape index (κ1) is 6.91. The maximum Gasteiger partial charge on any atom is 0.223 e. The number of hydrogen-bond acceptors (Lipinski definition) is 3. The second kappa shape index (κ2) is 2.98. The number of rotatable bonds is 1. The number of hydrogen-bond donors (Lipinski definition) is 3. The summed E-state index contributed by atoms with van der Waals surface area (Å²) < 4.78 is 0. The second-order valence-corrected chi connectivity index (χ2v) is 1.75. The van der Waals surface area contributed by atoms with Gasteiger partial charge in [-0.05, 0) is 0 Å². The molecule has 0 unspecified atom stereocenters. The number of nitrogens with two attached hydrogens (primary N) is 1. The van der Waals surface area contributed by atoms with E-state index in [0.29, 0.717) is 0 Å². The summed E-state index contributed by atoms with van der Waals surface area (Å²) in [6, 6.07) is 0. The summed E-state index contributed by atoms with van der Waals surface area (Å²) in [5.41, 5.74) is 4.86. The van der Waals surface area contributed by atoms with Gasteiger partial charge in [-0.2, -0.15) is 0 Å². The lowest BCUT2D eigenvalue weighted by atomic mass is 10.7. The molecule has 0 aromatic rings. The molecule has 40 valence electrons. The van der Waals surface area contributed by atoms with Gasteiger partial charge in [0.1, 0.15) is 0 Å². The molecule has 0 rings (SSSR count). The molecule has 0 aliphatic rings. The minimum absolute atomic E-state index is 0.170. The topological polar surface area (TPSA) is 43.1 Å². The normalized spacial score (nSPS) is 11.4. The highest BCUT2D eigenvalue weighted by atomic mass is 32.1. The molecule has 0 aliphatic heterocycles. The van der Waals surface area contributed by atoms with E-state index < -0.39 is 5.12 Å². The SMILES string of the molecule is NC=C(S)C(=O)S. The fraction of sp³-hybridized carbons (Fsp3) is 0. The predicted molar refractivity (Wildman–Crippen MR) is 35.2 cm³/mol. The van der Waals surface area contributed by atoms with Gasteiger partial charge in [0.05, 0.1) is 4.91 Å². The molecule has 0 aliphatic carbocycles. The second-order valence-electron chi connectivity index (χ2n) is 0.857. The molecule has 0 amide bonds. The Kier molecular flexibility index (Phi) is 2.95. The summed E-state index contributed by atoms with van der Waals surface area (Å²) >= 11 is 7.04. The first-order chi connectivity index (χ1) is 3.18. The number of carbonyl (C=O) groups is 1. The van der Waals surface area contributed by atoms with E-state index in [1.807, 2.05) is 0 Å². The summed E-state index contributed by atoms with van der Waals surface area (Å²) in [5.74, 6) is 0. The Morgan fingerprint density at radius 2 is 2.00 bits per heavy atom. The molecule has 0 heterocycles. The Balaban J connectivity index is 3.82. The van der Waals surface area contributed by atoms with E-state index >= 15 is 0 Å². The maximum absolute atomic E-state index is 10.0. The van der Waals surface area contributed by atoms with Gasteiger partial charge in [0.15, 0.2) is 0 Å². The zero-order chi connectivity index (χ0) is 5.86. The molecular formula is C3H5NOS2. The van der Waals surface area contributed by atoms with Crippen molar-refractivity contribution >= 4 is 30.4 Å². The van der Waals surface area contributed by atoms with Gasteiger partial charge in [-0.1, -0.05) is 12.6 Å². The Hall–Kier alpha value is -0.0900. The first-order valence-electron chi connectivity index (χ1n) is 1.52. The van der Waals surface area contributed by atoms with Crippen molar-refractivity contribution in [3.05, 3.63) is 11.1 Å². The average Bonchev–Trinajstić information content (AvgIpc) is 1.65. The predicted octanol–water partition coefficient (Wildman–Crippen LogP) is 0.173. The van der Waals surface area contributed by atoms with E-state index in [1.54, 1.807) is 0 Å². The van der Waals surface area contributed by atoms with E-state index in [1.165, 1.54) is 0 Å². The van der Waals surface area contributed by atoms with Crippen LogP contribution in [0.15, 0.2) is 11.1 Å². The molecule has 0 radical (unpaired) electrons. The molecule has 2 N–H and O–H groups in total. The van der Waals surface area contributed by atoms with Crippen LogP contribution in [0.25, 0.3) is 0 Å². The highest BCUT2D eigenvalue weighted by Crippen LogP contribution is 2.00. The summed E-state index contributed by atoms with van der Waals surface area (Å²) in [6.07, 6.45) is 1.10. The van der Waals surface area contributed by atoms with Gasteiger partial charge in [0.25, 0.3) is 0 Å². The minimum atomic E-state index is -0.411. The van der Waals surface area contributed by atoms with Gasteiger partial charge < -0.3 is 5.73 Å². The van der Waals surface area contributed by atoms with Crippen LogP contribution in [0.4, 0.5) is 0 Å². The van der Waals surface area contributed by atoms with Crippen molar-refractivity contribution in [1.82, 2.24) is 0 Å². The molecule has 0 bridgehead atoms. The third kappa shape index (κ3) is 2.59. The molecule has 0 atom stereocenters. The smallest absolute Gasteiger partial charge is 0.223 e. The number of thiol groups is 2. The quantitative estimate of drug-likeness (QED) is 0.354. The fourth-order valence-electron chi connectivity index (χ4n) is 0.0713. The fourth-order valence-corrected chi connectivity index (χ4v) is 0.146. The molecule has 2 nitrogen and oxygen atoms in total. The molecule has 0 saturated carbocycles. The van der Waals surface area contributed by atoms with Gasteiger partial charge in [-0.25, -0.2) is 0 Å². The summed E-state index contributed by atoms with van der Waals surface area (Å²) in [5, 5.41) is -0.411. The highest BCUT2D eigenvalue weighted by molar-refractivity contribution is 8.01. The summed E-state index contributed by atoms with van der Waals surface area (Å²) in [6.45, 7) is 0. The van der Waals surface area contributed by atoms with Crippen molar-refractivity contribution in [3.63, 3.8) is 0 Å². The number of carbonyl (C=O) groups excluding carboxylic acids is 1. The Labute approximate surface area is 52.6 Å². The monoisotopic (exact) mass is 135 g/mol. The van der Waals surface area contributed by atoms with E-state index in [4.69, 9.17) is 5.73 Å². The molecule has 0 aromatic heterocycles. The summed E-state index contributed by atoms with van der Waals surface area (Å²) in [7, 11) is 0. The lowest BCUT2D eigenvalue weighted by molar-refractivity contribution is -0.107. The Bertz CT molecular complexity index is 110. The molecule has 4 heteroatoms. The minimum Gasteiger partial charge on any atom is -0.404 e. The van der Waals surface area contributed by atoms with Crippen LogP contribution in [-0.4, -0.2) is 5.12 Å². The van der Waals surface area contributed by atoms with Gasteiger partial charge in [-0.15, -0.1) is 12.6 Å². The van der Waals surface area contributed by atoms with Crippen molar-refractivity contribution in [2.24, 2.45) is 5.73 Å². The zero-order valence-electron chi connectivity index (χ0n) is 3.46. The van der Waals surface area contributed by atoms with Gasteiger partial charge in [-0.3, -0.25) is 4.79 Å². The standard InChI is InChI=1S/C3H5NOS2/c4-1-2(6)3(5)7/h1,6H,4H2,(H,5,7). The van der Waals surface area contributed by atoms with Gasteiger partial charge in [0.2, 0.25) is 5.12 Å². The first-order valence-corrected chi connectivity index (χ1v) is 2.42. The lowest BCUT2D eigenvalue weighted by Crippen LogP contribution is -1.88. The summed E-state index contributed by atoms with van der Waals surface area (Å²) in [4.78, 5) is 10.2. The maximum atomic E-state index is 10.0. The van der Waals surface area contributed by atoms with Crippen LogP contribution in [0.3, 0.4) is 0 Å². The van der Waals surface area contributed by atoms with E-state index in [0.717, 1.165) is 6.20 Å². The van der Waals surface area contributed by atoms with Crippen LogP contribution in [0.2, 0.25) is 0 Å². The highest BCUT2D eigenvalue weighted by Gasteiger charge is 1.92. The van der Waals surface area contributed by atoms with Gasteiger partial charge in [0, 0.05) is 6.20 Å². The average molecular weight is 135 g/mol. The van der Waals surface area contributed by atoms with Gasteiger partial charge >= 0.3 is 0 Å². The van der Waals surface area contributed by atoms with Crippen LogP contribution in [-0.2, 0) is 4.79 Å². The van der Waals surface area contributed by atoms with E-state index in [9.17, 15) is 4.79 Å². The Morgan fingerprint density at radius 1 is 1.57 bits per heavy atom. The van der Waals surface area contributed by atoms with Crippen molar-refractivity contribution in [1.29, 1.82) is 0 Å². The third-order valence-corrected chi connectivity index (χ3v) is 1.15. The molecule has 7 heavy (non-hydrogen) atoms. The van der Waals surface area contributed by atoms with E-state index in [-0.39, 0.29) is 4.91 Å². The Morgan fingerprint density at radius 3 is 2.00 bits per heavy atom. The van der Waals surface area contributed by atoms with Crippen molar-refractivity contribution in [3.8, 4) is 0 Å². The van der Waals surface area contributed by atoms with Crippen LogP contribution in [0, 0.1) is 0 Å². The molecular weight excluding hydrogens is 130 g/mol. The molecule has 0 fully saturated rings. The van der Waals surface area contributed by atoms with E-state index in [2.05, 4.69) is 25.3 Å². The van der Waals surface area contributed by atoms with Crippen LogP contribution in [0.1, 0.15) is 0 Å². The van der Waals surface area contributed by atoms with Crippen molar-refractivity contribution < 1.29 is 4.79 Å². The third-order valence-electron chi connectivity index (χ3n) is 0.377. The van der Waals surface area contributed by atoms with Crippen LogP contribution < -0.4 is 5.73 Å². The van der Waals surface area contributed by atoms with Crippen molar-refractivity contribution in [2.45, 2.75) is 0 Å². The molecule has 0 spiro atoms. The lowest BCUT2D eigenvalue weighted by Gasteiger charge is -1.83. The zero-order valence-corrected chi connectivity index (χ0v) is 5.25.